The predicted molar refractivity (Wildman–Crippen MR) is 480 cm³/mol. The molecule has 3 aliphatic heterocycles. The van der Waals surface area contributed by atoms with E-state index in [0.717, 1.165) is 26.3 Å². The number of aliphatic hydroxyl groups is 4. The first kappa shape index (κ1) is 108. The van der Waals surface area contributed by atoms with Gasteiger partial charge >= 0.3 is 0 Å². The molecule has 3 aliphatic rings. The molecule has 3 saturated heterocycles. The highest BCUT2D eigenvalue weighted by Crippen LogP contribution is 2.30. The quantitative estimate of drug-likeness (QED) is 0.0282. The number of hydrogen-bond acceptors (Lipinski definition) is 22. The molecule has 0 saturated carbocycles. The first-order chi connectivity index (χ1) is 61.0. The molecule has 0 spiro atoms. The third-order valence-electron chi connectivity index (χ3n) is 24.3. The van der Waals surface area contributed by atoms with Crippen molar-refractivity contribution in [1.29, 1.82) is 0 Å². The zero-order valence-electron chi connectivity index (χ0n) is 78.5. The lowest BCUT2D eigenvalue weighted by atomic mass is 9.92. The van der Waals surface area contributed by atoms with Gasteiger partial charge in [-0.05, 0) is 149 Å². The van der Waals surface area contributed by atoms with Gasteiger partial charge in [-0.1, -0.05) is 110 Å². The molecule has 41 heteroatoms. The molecule has 726 valence electrons. The molecule has 18 amide bonds. The van der Waals surface area contributed by atoms with Crippen molar-refractivity contribution in [3.63, 3.8) is 0 Å². The highest BCUT2D eigenvalue weighted by Gasteiger charge is 2.51. The van der Waals surface area contributed by atoms with Crippen LogP contribution in [0.1, 0.15) is 213 Å². The normalized spacial score (nSPS) is 19.5. The molecule has 4 heterocycles. The lowest BCUT2D eigenvalue weighted by molar-refractivity contribution is -0.148. The van der Waals surface area contributed by atoms with Crippen molar-refractivity contribution in [2.75, 3.05) is 26.2 Å². The van der Waals surface area contributed by atoms with Crippen molar-refractivity contribution in [1.82, 2.24) is 88.8 Å². The largest absolute Gasteiger partial charge is 0.394 e. The molecule has 1 aromatic heterocycles. The summed E-state index contributed by atoms with van der Waals surface area (Å²) < 4.78 is 0. The van der Waals surface area contributed by atoms with E-state index in [1.54, 1.807) is 54.7 Å². The molecule has 6 rings (SSSR count). The van der Waals surface area contributed by atoms with Gasteiger partial charge in [0.1, 0.15) is 88.1 Å². The maximum Gasteiger partial charge on any atom is 0.248 e. The van der Waals surface area contributed by atoms with Crippen LogP contribution >= 0.6 is 0 Å². The van der Waals surface area contributed by atoms with E-state index in [1.165, 1.54) is 81.1 Å². The Kier molecular flexibility index (Phi) is 38.7. The fourth-order valence-electron chi connectivity index (χ4n) is 16.0. The topological polar surface area (TPSA) is 622 Å². The van der Waals surface area contributed by atoms with Gasteiger partial charge in [-0.25, -0.2) is 0 Å². The number of likely N-dealkylation sites (tertiary alicyclic amines) is 3. The number of amides is 18. The minimum absolute atomic E-state index is 0.0321. The summed E-state index contributed by atoms with van der Waals surface area (Å²) in [6, 6.07) is 1.48. The monoisotopic (exact) mass is 1840 g/mol. The molecule has 0 bridgehead atoms. The summed E-state index contributed by atoms with van der Waals surface area (Å²) in [4.78, 5) is 260. The summed E-state index contributed by atoms with van der Waals surface area (Å²) in [5, 5.41) is 78.4. The van der Waals surface area contributed by atoms with Crippen molar-refractivity contribution in [3.8, 4) is 0 Å². The number of primary amides is 2. The van der Waals surface area contributed by atoms with Crippen molar-refractivity contribution >= 4 is 117 Å². The minimum Gasteiger partial charge on any atom is -0.394 e. The van der Waals surface area contributed by atoms with E-state index in [4.69, 9.17) is 11.5 Å². The van der Waals surface area contributed by atoms with E-state index < -0.39 is 269 Å². The number of H-pyrrole nitrogens is 1. The second-order valence-electron chi connectivity index (χ2n) is 37.6. The van der Waals surface area contributed by atoms with Crippen molar-refractivity contribution in [3.05, 3.63) is 71.9 Å². The van der Waals surface area contributed by atoms with E-state index in [2.05, 4.69) is 74.1 Å². The average Bonchev–Trinajstić information content (AvgIpc) is 1.67. The molecule has 131 heavy (non-hydrogen) atoms. The standard InChI is InChI=1S/C90H139N19O22/c1-19-48(6)68(99-71(117)62(94-51(9)112)40-53-43-93-58-31-26-25-30-57(53)58)78(124)97-60(34-36-67(92)116)73(119)106-90(18,21-3)82(128)101-69(49(7)20-2)79(125)100-70(50(8)111)80(126)105-86(10,11)81(127)98-61(38-47(4)5)74(120)103-89(16,17)84(130)108-44-55(113)41-64(108)76(122)96-59(33-35-66(91)115)72(118)102-88(14,15)85(131)109-45-56(114)42-65(109)77(123)104-87(12,13)83(129)107-37-27-32-63(107)75(121)95-54(46-110)39-52-28-23-22-24-29-52/h22-26,28-31,43,47-50,54-56,59-65,68-70,93,110-111,113-114H,19-21,27,32-42,44-46H2,1-18H3,(H2,91,115)(H2,92,116)(H,94,112)(H,95,121)(H,96,122)(H,97,124)(H,98,127)(H,99,117)(H,100,125)(H,101,128)(H,102,118)(H,103,120)(H,104,123)(H,105,126)(H,106,119). The molecule has 17 unspecified atom stereocenters. The molecule has 3 fully saturated rings. The maximum absolute atomic E-state index is 14.8. The number of aromatic amines is 1. The van der Waals surface area contributed by atoms with Crippen molar-refractivity contribution in [2.45, 2.75) is 327 Å². The number of fused-ring (bicyclic) bond motifs is 1. The van der Waals surface area contributed by atoms with Crippen LogP contribution in [0.3, 0.4) is 0 Å². The van der Waals surface area contributed by atoms with Crippen molar-refractivity contribution in [2.24, 2.45) is 29.2 Å². The van der Waals surface area contributed by atoms with Gasteiger partial charge in [0.25, 0.3) is 0 Å². The Morgan fingerprint density at radius 2 is 0.954 bits per heavy atom. The van der Waals surface area contributed by atoms with Gasteiger partial charge in [0.05, 0.1) is 31.0 Å². The van der Waals surface area contributed by atoms with Gasteiger partial charge in [0, 0.05) is 75.8 Å². The number of rotatable bonds is 47. The Hall–Kier alpha value is -11.7. The molecule has 2 aromatic carbocycles. The zero-order chi connectivity index (χ0) is 98.4. The summed E-state index contributed by atoms with van der Waals surface area (Å²) in [6.07, 6.45) is -3.60. The lowest BCUT2D eigenvalue weighted by Crippen LogP contribution is -2.66. The van der Waals surface area contributed by atoms with Gasteiger partial charge in [0.2, 0.25) is 106 Å². The number of nitrogens with zero attached hydrogens (tertiary/aromatic N) is 3. The van der Waals surface area contributed by atoms with Crippen LogP contribution in [0.5, 0.6) is 0 Å². The summed E-state index contributed by atoms with van der Waals surface area (Å²) in [5.74, 6) is -17.3. The van der Waals surface area contributed by atoms with Crippen LogP contribution in [0.4, 0.5) is 0 Å². The summed E-state index contributed by atoms with van der Waals surface area (Å²) in [6.45, 7) is 24.9. The van der Waals surface area contributed by atoms with Crippen LogP contribution in [-0.2, 0) is 99.1 Å². The number of nitrogens with two attached hydrogens (primary N) is 2. The smallest absolute Gasteiger partial charge is 0.248 e. The average molecular weight is 1840 g/mol. The van der Waals surface area contributed by atoms with Crippen molar-refractivity contribution < 1.29 is 107 Å². The Morgan fingerprint density at radius 3 is 1.47 bits per heavy atom. The number of aliphatic hydroxyl groups excluding tert-OH is 4. The van der Waals surface area contributed by atoms with Crippen LogP contribution in [0.25, 0.3) is 10.9 Å². The van der Waals surface area contributed by atoms with Crippen LogP contribution < -0.4 is 80.6 Å². The van der Waals surface area contributed by atoms with Gasteiger partial charge in [0.15, 0.2) is 0 Å². The number of hydrogen-bond donors (Lipinski definition) is 20. The van der Waals surface area contributed by atoms with Gasteiger partial charge < -0.3 is 121 Å². The third-order valence-corrected chi connectivity index (χ3v) is 24.3. The predicted octanol–water partition coefficient (Wildman–Crippen LogP) is -2.33. The van der Waals surface area contributed by atoms with Crippen LogP contribution in [0.2, 0.25) is 0 Å². The Morgan fingerprint density at radius 1 is 0.481 bits per heavy atom. The van der Waals surface area contributed by atoms with E-state index in [1.807, 2.05) is 54.6 Å². The maximum atomic E-state index is 14.8. The summed E-state index contributed by atoms with van der Waals surface area (Å²) in [7, 11) is 0. The highest BCUT2D eigenvalue weighted by atomic mass is 16.3. The minimum atomic E-state index is -1.97. The number of para-hydroxylation sites is 1. The summed E-state index contributed by atoms with van der Waals surface area (Å²) in [5.41, 5.74) is 3.98. The van der Waals surface area contributed by atoms with Gasteiger partial charge in [-0.2, -0.15) is 0 Å². The molecular formula is C90H139N19O22. The second-order valence-corrected chi connectivity index (χ2v) is 37.6. The third kappa shape index (κ3) is 29.6. The Balaban J connectivity index is 1.09. The number of nitrogens with one attached hydrogen (secondary N) is 14. The van der Waals surface area contributed by atoms with E-state index >= 15 is 0 Å². The number of β-amino-alcohol motifs (C(OH)–C–C–N with tert-alkyl or cyclic N) is 2. The van der Waals surface area contributed by atoms with Gasteiger partial charge in [-0.3, -0.25) is 86.3 Å². The Bertz CT molecular complexity index is 4630. The molecule has 0 aliphatic carbocycles. The second kappa shape index (κ2) is 46.9. The Labute approximate surface area is 763 Å². The fraction of sp³-hybridized carbons (Fsp3) is 0.644. The number of carbonyl (C=O) groups excluding carboxylic acids is 18. The molecule has 0 radical (unpaired) electrons. The molecule has 41 nitrogen and oxygen atoms in total. The van der Waals surface area contributed by atoms with E-state index in [-0.39, 0.29) is 57.6 Å². The van der Waals surface area contributed by atoms with Crippen LogP contribution in [-0.4, -0.2) is 285 Å². The van der Waals surface area contributed by atoms with E-state index in [0.29, 0.717) is 31.2 Å². The van der Waals surface area contributed by atoms with Crippen LogP contribution in [0.15, 0.2) is 60.8 Å². The first-order valence-electron chi connectivity index (χ1n) is 44.8. The molecule has 17 atom stereocenters. The van der Waals surface area contributed by atoms with Gasteiger partial charge in [-0.15, -0.1) is 0 Å². The number of carbonyl (C=O) groups is 18. The molecule has 22 N–H and O–H groups in total. The lowest BCUT2D eigenvalue weighted by Gasteiger charge is -2.37. The fourth-order valence-corrected chi connectivity index (χ4v) is 16.0. The van der Waals surface area contributed by atoms with Crippen LogP contribution in [0, 0.1) is 17.8 Å². The highest BCUT2D eigenvalue weighted by molar-refractivity contribution is 6.04. The first-order valence-corrected chi connectivity index (χ1v) is 44.8. The molecular weight excluding hydrogens is 1700 g/mol. The summed E-state index contributed by atoms with van der Waals surface area (Å²) >= 11 is 0. The number of benzene rings is 2. The van der Waals surface area contributed by atoms with E-state index in [9.17, 15) is 107 Å². The SMILES string of the molecule is CCC(C)C(NC(=O)C(Cc1c[nH]c2ccccc12)NC(C)=O)C(=O)NC(CCC(N)=O)C(=O)NC(C)(CC)C(=O)NC(C(=O)NC(C(=O)NC(C)(C)C(=O)NC(CC(C)C)C(=O)NC(C)(C)C(=O)N1CC(O)CC1C(=O)NC(CCC(N)=O)C(=O)NC(C)(C)C(=O)N1CC(O)CC1C(=O)NC(C)(C)C(=O)N1CCCC1C(=O)NC(CO)Cc1ccccc1)C(C)O)C(C)CC. The molecule has 3 aromatic rings. The zero-order valence-corrected chi connectivity index (χ0v) is 78.5. The number of aromatic nitrogens is 1.